The third kappa shape index (κ3) is 4.52. The second-order valence-electron chi connectivity index (χ2n) is 5.35. The van der Waals surface area contributed by atoms with E-state index >= 15 is 0 Å². The van der Waals surface area contributed by atoms with Crippen LogP contribution in [0.15, 0.2) is 77.5 Å². The molecule has 2 N–H and O–H groups in total. The first-order valence-corrected chi connectivity index (χ1v) is 8.63. The van der Waals surface area contributed by atoms with Crippen molar-refractivity contribution in [2.45, 2.75) is 0 Å². The van der Waals surface area contributed by atoms with Gasteiger partial charge < -0.3 is 9.30 Å². The summed E-state index contributed by atoms with van der Waals surface area (Å²) in [6, 6.07) is 18.0. The summed E-state index contributed by atoms with van der Waals surface area (Å²) in [6.45, 7) is -0.207. The van der Waals surface area contributed by atoms with Crippen LogP contribution in [0.4, 0.5) is 0 Å². The molecule has 26 heavy (non-hydrogen) atoms. The van der Waals surface area contributed by atoms with Crippen molar-refractivity contribution >= 4 is 27.7 Å². The van der Waals surface area contributed by atoms with E-state index in [0.29, 0.717) is 11.3 Å². The summed E-state index contributed by atoms with van der Waals surface area (Å²) < 4.78 is 8.10. The Morgan fingerprint density at radius 2 is 1.62 bits per heavy atom. The zero-order chi connectivity index (χ0) is 18.4. The lowest BCUT2D eigenvalue weighted by Crippen LogP contribution is -2.44. The van der Waals surface area contributed by atoms with Crippen molar-refractivity contribution in [3.63, 3.8) is 0 Å². The number of halogens is 1. The third-order valence-electron chi connectivity index (χ3n) is 3.53. The van der Waals surface area contributed by atoms with Gasteiger partial charge in [0.05, 0.1) is 11.3 Å². The third-order valence-corrected chi connectivity index (χ3v) is 4.06. The van der Waals surface area contributed by atoms with Crippen LogP contribution in [0.1, 0.15) is 10.4 Å². The molecule has 7 heteroatoms. The molecular weight excluding hydrogens is 398 g/mol. The van der Waals surface area contributed by atoms with Crippen LogP contribution in [-0.4, -0.2) is 23.0 Å². The van der Waals surface area contributed by atoms with E-state index in [1.807, 2.05) is 53.4 Å². The number of rotatable bonds is 5. The Kier molecular flexibility index (Phi) is 5.70. The SMILES string of the molecule is O=C(COc1ccc(Br)cc1)NNC(=O)c1ccccc1-n1cccc1. The first-order valence-electron chi connectivity index (χ1n) is 7.83. The fourth-order valence-electron chi connectivity index (χ4n) is 2.30. The van der Waals surface area contributed by atoms with Crippen molar-refractivity contribution in [1.82, 2.24) is 15.4 Å². The van der Waals surface area contributed by atoms with Gasteiger partial charge in [0.15, 0.2) is 6.61 Å². The molecule has 0 fully saturated rings. The Balaban J connectivity index is 1.56. The summed E-state index contributed by atoms with van der Waals surface area (Å²) in [5.41, 5.74) is 5.92. The fraction of sp³-hybridized carbons (Fsp3) is 0.0526. The molecule has 2 aromatic carbocycles. The summed E-state index contributed by atoms with van der Waals surface area (Å²) >= 11 is 3.32. The van der Waals surface area contributed by atoms with Gasteiger partial charge in [-0.1, -0.05) is 28.1 Å². The molecule has 6 nitrogen and oxygen atoms in total. The smallest absolute Gasteiger partial charge is 0.276 e. The topological polar surface area (TPSA) is 72.4 Å². The van der Waals surface area contributed by atoms with Crippen LogP contribution < -0.4 is 15.6 Å². The number of carbonyl (C=O) groups is 2. The van der Waals surface area contributed by atoms with Crippen molar-refractivity contribution in [3.8, 4) is 11.4 Å². The standard InChI is InChI=1S/C19H16BrN3O3/c20-14-7-9-15(10-8-14)26-13-18(24)21-22-19(25)16-5-1-2-6-17(16)23-11-3-4-12-23/h1-12H,13H2,(H,21,24)(H,22,25). The lowest BCUT2D eigenvalue weighted by atomic mass is 10.1. The summed E-state index contributed by atoms with van der Waals surface area (Å²) in [7, 11) is 0. The van der Waals surface area contributed by atoms with Crippen LogP contribution in [0, 0.1) is 0 Å². The molecule has 3 aromatic rings. The zero-order valence-electron chi connectivity index (χ0n) is 13.7. The number of para-hydroxylation sites is 1. The predicted molar refractivity (Wildman–Crippen MR) is 101 cm³/mol. The molecule has 0 unspecified atom stereocenters. The largest absolute Gasteiger partial charge is 0.484 e. The normalized spacial score (nSPS) is 10.2. The molecule has 2 amide bonds. The van der Waals surface area contributed by atoms with E-state index < -0.39 is 11.8 Å². The average molecular weight is 414 g/mol. The van der Waals surface area contributed by atoms with Crippen LogP contribution in [0.5, 0.6) is 5.75 Å². The maximum atomic E-state index is 12.4. The Morgan fingerprint density at radius 1 is 0.923 bits per heavy atom. The van der Waals surface area contributed by atoms with E-state index in [2.05, 4.69) is 26.8 Å². The number of hydrazine groups is 1. The second kappa shape index (κ2) is 8.35. The lowest BCUT2D eigenvalue weighted by molar-refractivity contribution is -0.123. The van der Waals surface area contributed by atoms with Crippen LogP contribution >= 0.6 is 15.9 Å². The van der Waals surface area contributed by atoms with E-state index in [1.54, 1.807) is 24.3 Å². The molecule has 0 saturated heterocycles. The molecule has 1 heterocycles. The molecule has 0 aliphatic heterocycles. The highest BCUT2D eigenvalue weighted by atomic mass is 79.9. The Hall–Kier alpha value is -3.06. The number of benzene rings is 2. The van der Waals surface area contributed by atoms with Crippen molar-refractivity contribution in [2.24, 2.45) is 0 Å². The predicted octanol–water partition coefficient (Wildman–Crippen LogP) is 3.08. The quantitative estimate of drug-likeness (QED) is 0.631. The summed E-state index contributed by atoms with van der Waals surface area (Å²) in [5.74, 6) is -0.307. The molecule has 3 rings (SSSR count). The van der Waals surface area contributed by atoms with Gasteiger partial charge in [0.2, 0.25) is 0 Å². The summed E-state index contributed by atoms with van der Waals surface area (Å²) in [5, 5.41) is 0. The maximum absolute atomic E-state index is 12.4. The highest BCUT2D eigenvalue weighted by molar-refractivity contribution is 9.10. The summed E-state index contributed by atoms with van der Waals surface area (Å²) in [6.07, 6.45) is 3.69. The molecule has 132 valence electrons. The number of nitrogens with one attached hydrogen (secondary N) is 2. The van der Waals surface area contributed by atoms with Gasteiger partial charge >= 0.3 is 0 Å². The van der Waals surface area contributed by atoms with Gasteiger partial charge in [-0.15, -0.1) is 0 Å². The highest BCUT2D eigenvalue weighted by Gasteiger charge is 2.13. The number of ether oxygens (including phenoxy) is 1. The Morgan fingerprint density at radius 3 is 2.35 bits per heavy atom. The van der Waals surface area contributed by atoms with E-state index in [0.717, 1.165) is 10.2 Å². The van der Waals surface area contributed by atoms with Gasteiger partial charge in [0.1, 0.15) is 5.75 Å². The Labute approximate surface area is 158 Å². The maximum Gasteiger partial charge on any atom is 0.276 e. The number of hydrogen-bond acceptors (Lipinski definition) is 3. The molecule has 0 aliphatic carbocycles. The minimum atomic E-state index is -0.459. The van der Waals surface area contributed by atoms with Crippen molar-refractivity contribution in [1.29, 1.82) is 0 Å². The molecule has 0 radical (unpaired) electrons. The molecule has 0 atom stereocenters. The number of hydrogen-bond donors (Lipinski definition) is 2. The number of aromatic nitrogens is 1. The number of amides is 2. The Bertz CT molecular complexity index is 893. The van der Waals surface area contributed by atoms with E-state index in [1.165, 1.54) is 0 Å². The summed E-state index contributed by atoms with van der Waals surface area (Å²) in [4.78, 5) is 24.3. The van der Waals surface area contributed by atoms with Gasteiger partial charge in [0, 0.05) is 16.9 Å². The average Bonchev–Trinajstić information content (AvgIpc) is 3.20. The minimum Gasteiger partial charge on any atom is -0.484 e. The fourth-order valence-corrected chi connectivity index (χ4v) is 2.56. The van der Waals surface area contributed by atoms with E-state index in [9.17, 15) is 9.59 Å². The van der Waals surface area contributed by atoms with Crippen molar-refractivity contribution < 1.29 is 14.3 Å². The molecule has 0 aliphatic rings. The first kappa shape index (κ1) is 17.8. The minimum absolute atomic E-state index is 0.207. The molecule has 0 spiro atoms. The van der Waals surface area contributed by atoms with Crippen molar-refractivity contribution in [3.05, 3.63) is 83.1 Å². The monoisotopic (exact) mass is 413 g/mol. The number of nitrogens with zero attached hydrogens (tertiary/aromatic N) is 1. The van der Waals surface area contributed by atoms with Gasteiger partial charge in [0.25, 0.3) is 11.8 Å². The molecule has 1 aromatic heterocycles. The molecule has 0 saturated carbocycles. The van der Waals surface area contributed by atoms with Gasteiger partial charge in [-0.2, -0.15) is 0 Å². The van der Waals surface area contributed by atoms with Crippen molar-refractivity contribution in [2.75, 3.05) is 6.61 Å². The first-order chi connectivity index (χ1) is 12.6. The van der Waals surface area contributed by atoms with Gasteiger partial charge in [-0.05, 0) is 48.5 Å². The van der Waals surface area contributed by atoms with E-state index in [-0.39, 0.29) is 6.61 Å². The van der Waals surface area contributed by atoms with Gasteiger partial charge in [-0.3, -0.25) is 20.4 Å². The number of carbonyl (C=O) groups excluding carboxylic acids is 2. The zero-order valence-corrected chi connectivity index (χ0v) is 15.3. The van der Waals surface area contributed by atoms with Crippen LogP contribution in [0.2, 0.25) is 0 Å². The van der Waals surface area contributed by atoms with Crippen LogP contribution in [-0.2, 0) is 4.79 Å². The highest BCUT2D eigenvalue weighted by Crippen LogP contribution is 2.16. The van der Waals surface area contributed by atoms with Crippen LogP contribution in [0.25, 0.3) is 5.69 Å². The lowest BCUT2D eigenvalue weighted by Gasteiger charge is -2.12. The molecule has 0 bridgehead atoms. The van der Waals surface area contributed by atoms with E-state index in [4.69, 9.17) is 4.74 Å². The molecular formula is C19H16BrN3O3. The van der Waals surface area contributed by atoms with Crippen LogP contribution in [0.3, 0.4) is 0 Å². The van der Waals surface area contributed by atoms with Gasteiger partial charge in [-0.25, -0.2) is 0 Å². The second-order valence-corrected chi connectivity index (χ2v) is 6.27.